The molecule has 0 spiro atoms. The largest absolute Gasteiger partial charge is 0.396 e. The average molecular weight is 277 g/mol. The van der Waals surface area contributed by atoms with E-state index in [9.17, 15) is 9.18 Å². The number of carbonyl (C=O) groups is 1. The number of allylic oxidation sites excluding steroid dienone is 1. The smallest absolute Gasteiger partial charge is 0.244 e. The normalized spacial score (nSPS) is 16.9. The fraction of sp³-hybridized carbons (Fsp3) is 0.438. The van der Waals surface area contributed by atoms with Crippen LogP contribution in [0.5, 0.6) is 0 Å². The summed E-state index contributed by atoms with van der Waals surface area (Å²) in [5.74, 6) is -0.0764. The van der Waals surface area contributed by atoms with Gasteiger partial charge in [-0.1, -0.05) is 18.2 Å². The third kappa shape index (κ3) is 3.90. The van der Waals surface area contributed by atoms with Crippen LogP contribution >= 0.6 is 0 Å². The number of aliphatic hydroxyl groups is 1. The van der Waals surface area contributed by atoms with Crippen molar-refractivity contribution in [2.24, 2.45) is 5.92 Å². The summed E-state index contributed by atoms with van der Waals surface area (Å²) < 4.78 is 13.6. The van der Waals surface area contributed by atoms with E-state index in [1.165, 1.54) is 12.1 Å². The molecule has 3 nitrogen and oxygen atoms in total. The summed E-state index contributed by atoms with van der Waals surface area (Å²) in [6.07, 6.45) is 4.19. The first kappa shape index (κ1) is 14.7. The number of aliphatic hydroxyl groups excluding tert-OH is 1. The van der Waals surface area contributed by atoms with Gasteiger partial charge in [0.15, 0.2) is 0 Å². The molecule has 1 aliphatic rings. The molecule has 2 rings (SSSR count). The molecule has 1 aliphatic carbocycles. The Bertz CT molecular complexity index is 509. The van der Waals surface area contributed by atoms with Crippen LogP contribution in [0.15, 0.2) is 30.3 Å². The SMILES string of the molecule is C/C(=C/C(=O)NC(CCO)C1CC1)c1ccccc1F. The Kier molecular flexibility index (Phi) is 4.90. The van der Waals surface area contributed by atoms with Crippen LogP contribution in [0.4, 0.5) is 4.39 Å². The molecule has 0 aliphatic heterocycles. The Labute approximate surface area is 118 Å². The second-order valence-corrected chi connectivity index (χ2v) is 5.27. The second-order valence-electron chi connectivity index (χ2n) is 5.27. The second kappa shape index (κ2) is 6.66. The van der Waals surface area contributed by atoms with E-state index >= 15 is 0 Å². The molecule has 1 aromatic carbocycles. The molecule has 108 valence electrons. The summed E-state index contributed by atoms with van der Waals surface area (Å²) in [6, 6.07) is 6.42. The minimum atomic E-state index is -0.330. The zero-order valence-electron chi connectivity index (χ0n) is 11.6. The van der Waals surface area contributed by atoms with Gasteiger partial charge < -0.3 is 10.4 Å². The van der Waals surface area contributed by atoms with Crippen molar-refractivity contribution in [3.05, 3.63) is 41.7 Å². The summed E-state index contributed by atoms with van der Waals surface area (Å²) in [4.78, 5) is 12.0. The molecule has 0 bridgehead atoms. The van der Waals surface area contributed by atoms with Gasteiger partial charge in [0.05, 0.1) is 0 Å². The lowest BCUT2D eigenvalue weighted by molar-refractivity contribution is -0.117. The Balaban J connectivity index is 2.02. The monoisotopic (exact) mass is 277 g/mol. The maximum absolute atomic E-state index is 13.6. The van der Waals surface area contributed by atoms with E-state index in [-0.39, 0.29) is 24.4 Å². The van der Waals surface area contributed by atoms with Gasteiger partial charge in [-0.15, -0.1) is 0 Å². The molecule has 1 amide bonds. The van der Waals surface area contributed by atoms with Crippen LogP contribution in [0.2, 0.25) is 0 Å². The van der Waals surface area contributed by atoms with Gasteiger partial charge in [-0.2, -0.15) is 0 Å². The standard InChI is InChI=1S/C16H20FNO2/c1-11(13-4-2-3-5-14(13)17)10-16(20)18-15(8-9-19)12-6-7-12/h2-5,10,12,15,19H,6-9H2,1H3,(H,18,20)/b11-10-. The number of carbonyl (C=O) groups excluding carboxylic acids is 1. The maximum atomic E-state index is 13.6. The Morgan fingerprint density at radius 1 is 1.50 bits per heavy atom. The highest BCUT2D eigenvalue weighted by Gasteiger charge is 2.31. The molecule has 1 aromatic rings. The fourth-order valence-electron chi connectivity index (χ4n) is 2.34. The first-order valence-electron chi connectivity index (χ1n) is 6.96. The topological polar surface area (TPSA) is 49.3 Å². The first-order chi connectivity index (χ1) is 9.61. The molecule has 0 radical (unpaired) electrons. The number of hydrogen-bond donors (Lipinski definition) is 2. The molecular weight excluding hydrogens is 257 g/mol. The maximum Gasteiger partial charge on any atom is 0.244 e. The number of benzene rings is 1. The van der Waals surface area contributed by atoms with Gasteiger partial charge in [0.25, 0.3) is 0 Å². The quantitative estimate of drug-likeness (QED) is 0.785. The molecule has 0 saturated heterocycles. The third-order valence-corrected chi connectivity index (χ3v) is 3.61. The Morgan fingerprint density at radius 2 is 2.20 bits per heavy atom. The molecule has 0 aromatic heterocycles. The lowest BCUT2D eigenvalue weighted by Gasteiger charge is -2.16. The van der Waals surface area contributed by atoms with Crippen molar-refractivity contribution >= 4 is 11.5 Å². The van der Waals surface area contributed by atoms with E-state index in [1.54, 1.807) is 25.1 Å². The fourth-order valence-corrected chi connectivity index (χ4v) is 2.34. The number of hydrogen-bond acceptors (Lipinski definition) is 2. The van der Waals surface area contributed by atoms with Crippen molar-refractivity contribution in [2.75, 3.05) is 6.61 Å². The van der Waals surface area contributed by atoms with Gasteiger partial charge in [0.2, 0.25) is 5.91 Å². The van der Waals surface area contributed by atoms with Gasteiger partial charge in [0, 0.05) is 24.3 Å². The van der Waals surface area contributed by atoms with Crippen LogP contribution in [-0.4, -0.2) is 23.7 Å². The van der Waals surface area contributed by atoms with E-state index in [0.717, 1.165) is 12.8 Å². The molecule has 0 heterocycles. The number of amides is 1. The van der Waals surface area contributed by atoms with Crippen molar-refractivity contribution in [1.29, 1.82) is 0 Å². The molecule has 4 heteroatoms. The van der Waals surface area contributed by atoms with Gasteiger partial charge in [-0.05, 0) is 43.7 Å². The lowest BCUT2D eigenvalue weighted by atomic mass is 10.1. The molecule has 1 unspecified atom stereocenters. The van der Waals surface area contributed by atoms with Crippen molar-refractivity contribution < 1.29 is 14.3 Å². The molecule has 20 heavy (non-hydrogen) atoms. The summed E-state index contributed by atoms with van der Waals surface area (Å²) in [5.41, 5.74) is 1.03. The molecular formula is C16H20FNO2. The van der Waals surface area contributed by atoms with Crippen LogP contribution < -0.4 is 5.32 Å². The van der Waals surface area contributed by atoms with Crippen LogP contribution in [0, 0.1) is 11.7 Å². The lowest BCUT2D eigenvalue weighted by Crippen LogP contribution is -2.36. The highest BCUT2D eigenvalue weighted by atomic mass is 19.1. The van der Waals surface area contributed by atoms with Crippen LogP contribution in [-0.2, 0) is 4.79 Å². The van der Waals surface area contributed by atoms with Crippen molar-refractivity contribution in [1.82, 2.24) is 5.32 Å². The third-order valence-electron chi connectivity index (χ3n) is 3.61. The van der Waals surface area contributed by atoms with Gasteiger partial charge >= 0.3 is 0 Å². The van der Waals surface area contributed by atoms with Gasteiger partial charge in [0.1, 0.15) is 5.82 Å². The summed E-state index contributed by atoms with van der Waals surface area (Å²) in [6.45, 7) is 1.79. The molecule has 1 saturated carbocycles. The zero-order valence-corrected chi connectivity index (χ0v) is 11.6. The predicted molar refractivity (Wildman–Crippen MR) is 76.4 cm³/mol. The van der Waals surface area contributed by atoms with Crippen molar-refractivity contribution in [3.63, 3.8) is 0 Å². The van der Waals surface area contributed by atoms with Crippen molar-refractivity contribution in [3.8, 4) is 0 Å². The molecule has 1 atom stereocenters. The van der Waals surface area contributed by atoms with Gasteiger partial charge in [-0.25, -0.2) is 4.39 Å². The zero-order chi connectivity index (χ0) is 14.5. The first-order valence-corrected chi connectivity index (χ1v) is 6.96. The summed E-state index contributed by atoms with van der Waals surface area (Å²) in [5, 5.41) is 11.9. The van der Waals surface area contributed by atoms with E-state index in [4.69, 9.17) is 5.11 Å². The van der Waals surface area contributed by atoms with Gasteiger partial charge in [-0.3, -0.25) is 4.79 Å². The van der Waals surface area contributed by atoms with Crippen LogP contribution in [0.3, 0.4) is 0 Å². The molecule has 1 fully saturated rings. The Hall–Kier alpha value is -1.68. The minimum Gasteiger partial charge on any atom is -0.396 e. The summed E-state index contributed by atoms with van der Waals surface area (Å²) >= 11 is 0. The highest BCUT2D eigenvalue weighted by molar-refractivity contribution is 5.95. The van der Waals surface area contributed by atoms with E-state index in [0.29, 0.717) is 23.5 Å². The van der Waals surface area contributed by atoms with E-state index in [2.05, 4.69) is 5.32 Å². The number of halogens is 1. The highest BCUT2D eigenvalue weighted by Crippen LogP contribution is 2.33. The minimum absolute atomic E-state index is 0.0252. The van der Waals surface area contributed by atoms with Crippen LogP contribution in [0.25, 0.3) is 5.57 Å². The Morgan fingerprint density at radius 3 is 2.80 bits per heavy atom. The number of nitrogens with one attached hydrogen (secondary N) is 1. The van der Waals surface area contributed by atoms with Crippen molar-refractivity contribution in [2.45, 2.75) is 32.2 Å². The van der Waals surface area contributed by atoms with Crippen LogP contribution in [0.1, 0.15) is 31.7 Å². The number of rotatable bonds is 6. The molecule has 2 N–H and O–H groups in total. The summed E-state index contributed by atoms with van der Waals surface area (Å²) in [7, 11) is 0. The van der Waals surface area contributed by atoms with E-state index < -0.39 is 0 Å². The average Bonchev–Trinajstić information content (AvgIpc) is 3.22. The van der Waals surface area contributed by atoms with E-state index in [1.807, 2.05) is 0 Å². The predicted octanol–water partition coefficient (Wildman–Crippen LogP) is 2.51.